The molecule has 1 aromatic heterocycles. The van der Waals surface area contributed by atoms with Crippen LogP contribution in [0.4, 0.5) is 8.78 Å². The predicted octanol–water partition coefficient (Wildman–Crippen LogP) is 2.03. The van der Waals surface area contributed by atoms with Crippen molar-refractivity contribution in [2.75, 3.05) is 6.54 Å². The fraction of sp³-hybridized carbons (Fsp3) is 0.714. The molecule has 1 unspecified atom stereocenters. The predicted molar refractivity (Wildman–Crippen MR) is 80.2 cm³/mol. The van der Waals surface area contributed by atoms with E-state index >= 15 is 0 Å². The number of hydrogen-bond donors (Lipinski definition) is 2. The smallest absolute Gasteiger partial charge is 0.262 e. The Morgan fingerprint density at radius 2 is 2.18 bits per heavy atom. The molecule has 2 heterocycles. The van der Waals surface area contributed by atoms with Crippen molar-refractivity contribution in [2.45, 2.75) is 56.7 Å². The van der Waals surface area contributed by atoms with Crippen LogP contribution in [0.5, 0.6) is 0 Å². The minimum atomic E-state index is -2.79. The maximum absolute atomic E-state index is 13.0. The lowest BCUT2D eigenvalue weighted by atomic mass is 10.2. The maximum Gasteiger partial charge on any atom is 0.262 e. The van der Waals surface area contributed by atoms with Crippen LogP contribution < -0.4 is 10.6 Å². The van der Waals surface area contributed by atoms with Gasteiger partial charge < -0.3 is 5.32 Å². The van der Waals surface area contributed by atoms with E-state index in [1.807, 2.05) is 16.9 Å². The number of nitrogens with zero attached hydrogens (tertiary/aromatic N) is 2. The van der Waals surface area contributed by atoms with Crippen molar-refractivity contribution in [1.82, 2.24) is 20.4 Å². The second kappa shape index (κ2) is 6.91. The topological polar surface area (TPSA) is 59.0 Å². The Bertz CT molecular complexity index is 517. The zero-order valence-corrected chi connectivity index (χ0v) is 13.0. The second-order valence-corrected chi connectivity index (χ2v) is 5.94. The third-order valence-corrected chi connectivity index (χ3v) is 4.23. The molecule has 8 heteroatoms. The number of carbonyl (C=O) groups excluding carboxylic acids is 1. The van der Waals surface area contributed by atoms with Crippen molar-refractivity contribution in [3.05, 3.63) is 18.0 Å². The molecule has 2 aliphatic rings. The van der Waals surface area contributed by atoms with Crippen molar-refractivity contribution < 1.29 is 13.6 Å². The van der Waals surface area contributed by atoms with E-state index in [9.17, 15) is 13.6 Å². The molecule has 22 heavy (non-hydrogen) atoms. The van der Waals surface area contributed by atoms with Gasteiger partial charge in [0, 0.05) is 12.6 Å². The molecule has 2 N–H and O–H groups in total. The molecule has 2 fully saturated rings. The number of aromatic nitrogens is 2. The first-order valence-electron chi connectivity index (χ1n) is 7.46. The number of alkyl halides is 2. The summed E-state index contributed by atoms with van der Waals surface area (Å²) in [6, 6.07) is 1.52. The Kier molecular flexibility index (Phi) is 5.39. The summed E-state index contributed by atoms with van der Waals surface area (Å²) in [6.45, 7) is -0.149. The van der Waals surface area contributed by atoms with Gasteiger partial charge in [-0.05, 0) is 18.9 Å². The molecule has 1 aliphatic heterocycles. The minimum Gasteiger partial charge on any atom is -0.349 e. The van der Waals surface area contributed by atoms with E-state index in [2.05, 4.69) is 15.7 Å². The minimum absolute atomic E-state index is 0. The van der Waals surface area contributed by atoms with Crippen molar-refractivity contribution in [2.24, 2.45) is 0 Å². The van der Waals surface area contributed by atoms with Gasteiger partial charge in [0.2, 0.25) is 5.91 Å². The Hall–Kier alpha value is -1.21. The van der Waals surface area contributed by atoms with Gasteiger partial charge in [-0.3, -0.25) is 14.8 Å². The third kappa shape index (κ3) is 3.95. The standard InChI is InChI=1S/C14H20F2N4O.ClH/c15-14(16)7-12(18-9-14)13(21)17-8-10-5-6-20(19-10)11-3-1-2-4-11;/h5-6,11-12,18H,1-4,7-9H2,(H,17,21);1H. The van der Waals surface area contributed by atoms with Crippen LogP contribution in [-0.2, 0) is 11.3 Å². The van der Waals surface area contributed by atoms with Gasteiger partial charge in [-0.15, -0.1) is 12.4 Å². The monoisotopic (exact) mass is 334 g/mol. The Balaban J connectivity index is 0.00000176. The summed E-state index contributed by atoms with van der Waals surface area (Å²) < 4.78 is 28.0. The van der Waals surface area contributed by atoms with E-state index in [1.54, 1.807) is 0 Å². The van der Waals surface area contributed by atoms with Crippen molar-refractivity contribution >= 4 is 18.3 Å². The quantitative estimate of drug-likeness (QED) is 0.886. The van der Waals surface area contributed by atoms with Gasteiger partial charge in [0.05, 0.1) is 30.9 Å². The van der Waals surface area contributed by atoms with E-state index in [-0.39, 0.29) is 24.9 Å². The molecule has 1 saturated carbocycles. The first kappa shape index (κ1) is 17.1. The number of carbonyl (C=O) groups is 1. The highest BCUT2D eigenvalue weighted by molar-refractivity contribution is 5.85. The van der Waals surface area contributed by atoms with E-state index < -0.39 is 24.9 Å². The molecule has 124 valence electrons. The molecule has 0 radical (unpaired) electrons. The second-order valence-electron chi connectivity index (χ2n) is 5.94. The zero-order valence-electron chi connectivity index (χ0n) is 12.2. The summed E-state index contributed by atoms with van der Waals surface area (Å²) in [6.07, 6.45) is 6.26. The lowest BCUT2D eigenvalue weighted by Gasteiger charge is -2.11. The van der Waals surface area contributed by atoms with E-state index in [0.29, 0.717) is 6.04 Å². The molecule has 0 aromatic carbocycles. The van der Waals surface area contributed by atoms with Crippen LogP contribution in [0.3, 0.4) is 0 Å². The van der Waals surface area contributed by atoms with Crippen LogP contribution in [0.25, 0.3) is 0 Å². The average Bonchev–Trinajstić information content (AvgIpc) is 3.15. The molecule has 1 saturated heterocycles. The largest absolute Gasteiger partial charge is 0.349 e. The summed E-state index contributed by atoms with van der Waals surface area (Å²) in [5.74, 6) is -3.17. The van der Waals surface area contributed by atoms with Crippen LogP contribution in [0.2, 0.25) is 0 Å². The molecule has 1 aliphatic carbocycles. The molecular formula is C14H21ClF2N4O. The Morgan fingerprint density at radius 1 is 1.45 bits per heavy atom. The van der Waals surface area contributed by atoms with Crippen molar-refractivity contribution in [3.63, 3.8) is 0 Å². The van der Waals surface area contributed by atoms with Crippen LogP contribution in [-0.4, -0.2) is 34.2 Å². The van der Waals surface area contributed by atoms with Gasteiger partial charge in [-0.2, -0.15) is 5.10 Å². The van der Waals surface area contributed by atoms with Crippen molar-refractivity contribution in [1.29, 1.82) is 0 Å². The number of rotatable bonds is 4. The van der Waals surface area contributed by atoms with E-state index in [1.165, 1.54) is 12.8 Å². The first-order valence-corrected chi connectivity index (χ1v) is 7.46. The van der Waals surface area contributed by atoms with Gasteiger partial charge in [0.15, 0.2) is 0 Å². The highest BCUT2D eigenvalue weighted by Crippen LogP contribution is 2.28. The first-order chi connectivity index (χ1) is 10.0. The van der Waals surface area contributed by atoms with E-state index in [4.69, 9.17) is 0 Å². The SMILES string of the molecule is Cl.O=C(NCc1ccn(C2CCCC2)n1)C1CC(F)(F)CN1. The van der Waals surface area contributed by atoms with Gasteiger partial charge >= 0.3 is 0 Å². The summed E-state index contributed by atoms with van der Waals surface area (Å²) in [5, 5.41) is 9.67. The third-order valence-electron chi connectivity index (χ3n) is 4.23. The molecular weight excluding hydrogens is 314 g/mol. The van der Waals surface area contributed by atoms with Gasteiger partial charge in [0.25, 0.3) is 5.92 Å². The maximum atomic E-state index is 13.0. The summed E-state index contributed by atoms with van der Waals surface area (Å²) >= 11 is 0. The van der Waals surface area contributed by atoms with Gasteiger partial charge in [0.1, 0.15) is 0 Å². The summed E-state index contributed by atoms with van der Waals surface area (Å²) in [4.78, 5) is 11.8. The molecule has 5 nitrogen and oxygen atoms in total. The lowest BCUT2D eigenvalue weighted by Crippen LogP contribution is -2.40. The number of nitrogens with one attached hydrogen (secondary N) is 2. The fourth-order valence-corrected chi connectivity index (χ4v) is 3.05. The number of hydrogen-bond acceptors (Lipinski definition) is 3. The van der Waals surface area contributed by atoms with E-state index in [0.717, 1.165) is 18.5 Å². The Morgan fingerprint density at radius 3 is 2.82 bits per heavy atom. The lowest BCUT2D eigenvalue weighted by molar-refractivity contribution is -0.123. The normalized spacial score (nSPS) is 24.2. The van der Waals surface area contributed by atoms with Gasteiger partial charge in [-0.25, -0.2) is 8.78 Å². The molecule has 0 bridgehead atoms. The summed E-state index contributed by atoms with van der Waals surface area (Å²) in [5.41, 5.74) is 0.764. The number of halogens is 3. The highest BCUT2D eigenvalue weighted by atomic mass is 35.5. The zero-order chi connectivity index (χ0) is 14.9. The van der Waals surface area contributed by atoms with Crippen LogP contribution >= 0.6 is 12.4 Å². The fourth-order valence-electron chi connectivity index (χ4n) is 3.05. The molecule has 0 spiro atoms. The average molecular weight is 335 g/mol. The van der Waals surface area contributed by atoms with Gasteiger partial charge in [-0.1, -0.05) is 12.8 Å². The molecule has 1 atom stereocenters. The molecule has 1 aromatic rings. The molecule has 1 amide bonds. The van der Waals surface area contributed by atoms with Crippen LogP contribution in [0, 0.1) is 0 Å². The van der Waals surface area contributed by atoms with Crippen LogP contribution in [0.1, 0.15) is 43.8 Å². The number of amides is 1. The van der Waals surface area contributed by atoms with Crippen LogP contribution in [0.15, 0.2) is 12.3 Å². The highest BCUT2D eigenvalue weighted by Gasteiger charge is 2.42. The summed E-state index contributed by atoms with van der Waals surface area (Å²) in [7, 11) is 0. The molecule has 3 rings (SSSR count). The Labute approximate surface area is 134 Å². The van der Waals surface area contributed by atoms with Crippen molar-refractivity contribution in [3.8, 4) is 0 Å².